The van der Waals surface area contributed by atoms with Crippen LogP contribution in [0.15, 0.2) is 39.5 Å². The van der Waals surface area contributed by atoms with Crippen LogP contribution in [0.2, 0.25) is 5.02 Å². The molecule has 0 aliphatic carbocycles. The van der Waals surface area contributed by atoms with E-state index >= 15 is 0 Å². The molecule has 0 radical (unpaired) electrons. The van der Waals surface area contributed by atoms with E-state index in [2.05, 4.69) is 10.1 Å². The lowest BCUT2D eigenvalue weighted by atomic mass is 10.2. The van der Waals surface area contributed by atoms with Crippen molar-refractivity contribution in [3.8, 4) is 11.5 Å². The number of nitrogens with zero attached hydrogens (tertiary/aromatic N) is 3. The van der Waals surface area contributed by atoms with Gasteiger partial charge in [-0.2, -0.15) is 9.50 Å². The molecule has 0 amide bonds. The Hall–Kier alpha value is -2.34. The second-order valence-electron chi connectivity index (χ2n) is 3.60. The second-order valence-corrected chi connectivity index (χ2v) is 4.01. The molecule has 6 nitrogen and oxygen atoms in total. The summed E-state index contributed by atoms with van der Waals surface area (Å²) in [6.07, 6.45) is 0. The number of fused-ring (bicyclic) bond motifs is 1. The van der Waals surface area contributed by atoms with Gasteiger partial charge in [0.1, 0.15) is 5.82 Å². The van der Waals surface area contributed by atoms with Crippen LogP contribution in [0, 0.1) is 0 Å². The third-order valence-electron chi connectivity index (χ3n) is 2.39. The third kappa shape index (κ3) is 1.63. The lowest BCUT2D eigenvalue weighted by Crippen LogP contribution is -2.10. The van der Waals surface area contributed by atoms with E-state index in [0.717, 1.165) is 0 Å². The van der Waals surface area contributed by atoms with Gasteiger partial charge in [0.25, 0.3) is 5.56 Å². The average Bonchev–Trinajstić information content (AvgIpc) is 2.73. The molecule has 3 aromatic rings. The number of nitrogen functional groups attached to an aromatic ring is 1. The fourth-order valence-corrected chi connectivity index (χ4v) is 1.80. The highest BCUT2D eigenvalue weighted by Crippen LogP contribution is 2.26. The summed E-state index contributed by atoms with van der Waals surface area (Å²) in [7, 11) is 0. The van der Waals surface area contributed by atoms with Crippen LogP contribution in [-0.4, -0.2) is 14.6 Å². The van der Waals surface area contributed by atoms with Gasteiger partial charge in [0, 0.05) is 6.07 Å². The molecule has 18 heavy (non-hydrogen) atoms. The van der Waals surface area contributed by atoms with Crippen molar-refractivity contribution in [1.82, 2.24) is 14.6 Å². The predicted octanol–water partition coefficient (Wildman–Crippen LogP) is 1.59. The number of hydrogen-bond acceptors (Lipinski definition) is 5. The quantitative estimate of drug-likeness (QED) is 0.719. The minimum Gasteiger partial charge on any atom is -0.403 e. The van der Waals surface area contributed by atoms with Gasteiger partial charge >= 0.3 is 5.84 Å². The maximum absolute atomic E-state index is 11.2. The summed E-state index contributed by atoms with van der Waals surface area (Å²) < 4.78 is 6.62. The zero-order chi connectivity index (χ0) is 12.7. The van der Waals surface area contributed by atoms with Gasteiger partial charge < -0.3 is 10.2 Å². The second kappa shape index (κ2) is 3.85. The Labute approximate surface area is 106 Å². The Morgan fingerprint density at radius 3 is 2.89 bits per heavy atom. The molecule has 2 N–H and O–H groups in total. The number of anilines is 1. The van der Waals surface area contributed by atoms with E-state index < -0.39 is 5.56 Å². The molecule has 0 fully saturated rings. The van der Waals surface area contributed by atoms with Crippen molar-refractivity contribution in [2.24, 2.45) is 0 Å². The first-order valence-corrected chi connectivity index (χ1v) is 5.44. The summed E-state index contributed by atoms with van der Waals surface area (Å²) in [5.74, 6) is 0.451. The molecule has 2 heterocycles. The predicted molar refractivity (Wildman–Crippen MR) is 66.4 cm³/mol. The lowest BCUT2D eigenvalue weighted by Gasteiger charge is -1.95. The van der Waals surface area contributed by atoms with Crippen molar-refractivity contribution in [1.29, 1.82) is 0 Å². The summed E-state index contributed by atoms with van der Waals surface area (Å²) in [6, 6.07) is 8.24. The van der Waals surface area contributed by atoms with Gasteiger partial charge in [0.05, 0.1) is 10.6 Å². The van der Waals surface area contributed by atoms with Crippen molar-refractivity contribution < 1.29 is 4.42 Å². The summed E-state index contributed by atoms with van der Waals surface area (Å²) in [5.41, 5.74) is 5.78. The highest BCUT2D eigenvalue weighted by molar-refractivity contribution is 6.33. The molecule has 0 saturated heterocycles. The molecule has 0 spiro atoms. The topological polar surface area (TPSA) is 86.4 Å². The number of aromatic nitrogens is 3. The molecule has 7 heteroatoms. The van der Waals surface area contributed by atoms with E-state index in [1.807, 2.05) is 0 Å². The van der Waals surface area contributed by atoms with Crippen LogP contribution in [0.25, 0.3) is 17.3 Å². The normalized spacial score (nSPS) is 10.9. The molecule has 1 aromatic carbocycles. The first-order chi connectivity index (χ1) is 8.65. The summed E-state index contributed by atoms with van der Waals surface area (Å²) in [5, 5.41) is 4.61. The van der Waals surface area contributed by atoms with Gasteiger partial charge in [-0.1, -0.05) is 23.7 Å². The number of nitrogens with two attached hydrogens (primary N) is 1. The van der Waals surface area contributed by atoms with Crippen LogP contribution in [0.4, 0.5) is 5.82 Å². The molecule has 90 valence electrons. The van der Waals surface area contributed by atoms with Gasteiger partial charge in [-0.15, -0.1) is 5.10 Å². The van der Waals surface area contributed by atoms with Gasteiger partial charge in [-0.05, 0) is 12.1 Å². The maximum atomic E-state index is 11.2. The zero-order valence-corrected chi connectivity index (χ0v) is 9.76. The maximum Gasteiger partial charge on any atom is 0.330 e. The molecule has 0 atom stereocenters. The smallest absolute Gasteiger partial charge is 0.330 e. The Morgan fingerprint density at radius 1 is 1.33 bits per heavy atom. The number of rotatable bonds is 1. The SMILES string of the molecule is Nc1cc(=O)nc2oc(-c3ccccc3Cl)nn12. The molecular formula is C11H7ClN4O2. The average molecular weight is 263 g/mol. The summed E-state index contributed by atoms with van der Waals surface area (Å²) >= 11 is 6.03. The van der Waals surface area contributed by atoms with Gasteiger partial charge in [0.15, 0.2) is 0 Å². The molecule has 0 saturated carbocycles. The lowest BCUT2D eigenvalue weighted by molar-refractivity contribution is 0.601. The van der Waals surface area contributed by atoms with Gasteiger partial charge in [0.2, 0.25) is 5.89 Å². The monoisotopic (exact) mass is 262 g/mol. The highest BCUT2D eigenvalue weighted by atomic mass is 35.5. The Kier molecular flexibility index (Phi) is 2.31. The van der Waals surface area contributed by atoms with E-state index in [1.165, 1.54) is 10.6 Å². The molecular weight excluding hydrogens is 256 g/mol. The molecule has 0 aliphatic heterocycles. The molecule has 0 unspecified atom stereocenters. The Balaban J connectivity index is 2.29. The highest BCUT2D eigenvalue weighted by Gasteiger charge is 2.13. The Bertz CT molecular complexity index is 793. The van der Waals surface area contributed by atoms with E-state index in [0.29, 0.717) is 10.6 Å². The molecule has 0 bridgehead atoms. The Morgan fingerprint density at radius 2 is 2.11 bits per heavy atom. The van der Waals surface area contributed by atoms with Crippen molar-refractivity contribution in [2.45, 2.75) is 0 Å². The number of halogens is 1. The van der Waals surface area contributed by atoms with E-state index in [4.69, 9.17) is 21.8 Å². The van der Waals surface area contributed by atoms with Crippen LogP contribution in [-0.2, 0) is 0 Å². The minimum atomic E-state index is -0.477. The van der Waals surface area contributed by atoms with Crippen LogP contribution in [0.1, 0.15) is 0 Å². The summed E-state index contributed by atoms with van der Waals surface area (Å²) in [4.78, 5) is 14.9. The van der Waals surface area contributed by atoms with Gasteiger partial charge in [-0.25, -0.2) is 0 Å². The minimum absolute atomic E-state index is 0.0370. The van der Waals surface area contributed by atoms with E-state index in [-0.39, 0.29) is 17.6 Å². The standard InChI is InChI=1S/C11H7ClN4O2/c12-7-4-2-1-3-6(7)10-15-16-8(13)5-9(17)14-11(16)18-10/h1-5H,13H2. The zero-order valence-electron chi connectivity index (χ0n) is 9.00. The third-order valence-corrected chi connectivity index (χ3v) is 2.72. The summed E-state index contributed by atoms with van der Waals surface area (Å²) in [6.45, 7) is 0. The first-order valence-electron chi connectivity index (χ1n) is 5.06. The van der Waals surface area contributed by atoms with Crippen molar-refractivity contribution in [3.05, 3.63) is 45.7 Å². The van der Waals surface area contributed by atoms with E-state index in [9.17, 15) is 4.79 Å². The van der Waals surface area contributed by atoms with Crippen LogP contribution in [0.5, 0.6) is 0 Å². The first kappa shape index (κ1) is 10.8. The van der Waals surface area contributed by atoms with Crippen LogP contribution < -0.4 is 11.3 Å². The van der Waals surface area contributed by atoms with Crippen molar-refractivity contribution in [2.75, 3.05) is 5.73 Å². The van der Waals surface area contributed by atoms with Gasteiger partial charge in [-0.3, -0.25) is 4.79 Å². The van der Waals surface area contributed by atoms with E-state index in [1.54, 1.807) is 24.3 Å². The van der Waals surface area contributed by atoms with Crippen molar-refractivity contribution in [3.63, 3.8) is 0 Å². The van der Waals surface area contributed by atoms with Crippen LogP contribution in [0.3, 0.4) is 0 Å². The molecule has 3 rings (SSSR count). The molecule has 0 aliphatic rings. The molecule has 2 aromatic heterocycles. The fourth-order valence-electron chi connectivity index (χ4n) is 1.58. The van der Waals surface area contributed by atoms with Crippen LogP contribution >= 0.6 is 11.6 Å². The van der Waals surface area contributed by atoms with Crippen molar-refractivity contribution >= 4 is 23.3 Å². The number of benzene rings is 1. The largest absolute Gasteiger partial charge is 0.403 e. The number of hydrogen-bond donors (Lipinski definition) is 1. The fraction of sp³-hybridized carbons (Fsp3) is 0.